The second-order valence-corrected chi connectivity index (χ2v) is 11.8. The van der Waals surface area contributed by atoms with Gasteiger partial charge >= 0.3 is 0 Å². The van der Waals surface area contributed by atoms with Crippen LogP contribution in [0.15, 0.2) is 84.9 Å². The van der Waals surface area contributed by atoms with E-state index in [9.17, 15) is 9.59 Å². The zero-order valence-corrected chi connectivity index (χ0v) is 27.0. The molecule has 0 radical (unpaired) electrons. The minimum Gasteiger partial charge on any atom is -0.493 e. The van der Waals surface area contributed by atoms with E-state index in [-0.39, 0.29) is 11.8 Å². The van der Waals surface area contributed by atoms with Crippen molar-refractivity contribution in [2.45, 2.75) is 31.7 Å². The number of carbonyl (C=O) groups excluding carboxylic acids is 2. The summed E-state index contributed by atoms with van der Waals surface area (Å²) in [4.78, 5) is 34.4. The third-order valence-corrected chi connectivity index (χ3v) is 9.17. The zero-order chi connectivity index (χ0) is 32.2. The van der Waals surface area contributed by atoms with E-state index in [1.165, 1.54) is 43.8 Å². The molecule has 2 heterocycles. The maximum atomic E-state index is 14.3. The van der Waals surface area contributed by atoms with Crippen LogP contribution in [0.3, 0.4) is 0 Å². The number of fused-ring (bicyclic) bond motifs is 3. The molecule has 2 aliphatic rings. The van der Waals surface area contributed by atoms with Gasteiger partial charge in [-0.15, -0.1) is 0 Å². The molecule has 1 atom stereocenters. The summed E-state index contributed by atoms with van der Waals surface area (Å²) in [6.45, 7) is 1.73. The van der Waals surface area contributed by atoms with Gasteiger partial charge in [0.05, 0.1) is 21.3 Å². The molecule has 0 saturated heterocycles. The number of hydrogen-bond acceptors (Lipinski definition) is 6. The maximum absolute atomic E-state index is 14.3. The van der Waals surface area contributed by atoms with Crippen LogP contribution in [0.4, 0.5) is 11.4 Å². The molecule has 46 heavy (non-hydrogen) atoms. The van der Waals surface area contributed by atoms with Crippen LogP contribution in [-0.2, 0) is 24.1 Å². The third kappa shape index (κ3) is 5.87. The molecule has 8 nitrogen and oxygen atoms in total. The number of amides is 2. The Morgan fingerprint density at radius 3 is 1.91 bits per heavy atom. The second kappa shape index (κ2) is 13.6. The molecule has 0 bridgehead atoms. The Bertz CT molecular complexity index is 1660. The molecule has 4 aromatic carbocycles. The number of methoxy groups -OCH3 is 3. The number of ether oxygens (including phenoxy) is 3. The van der Waals surface area contributed by atoms with Crippen molar-refractivity contribution in [2.75, 3.05) is 52.9 Å². The van der Waals surface area contributed by atoms with E-state index in [0.29, 0.717) is 42.3 Å². The van der Waals surface area contributed by atoms with Crippen LogP contribution in [0, 0.1) is 0 Å². The molecule has 0 fully saturated rings. The van der Waals surface area contributed by atoms with Crippen molar-refractivity contribution in [3.63, 3.8) is 0 Å². The van der Waals surface area contributed by atoms with E-state index in [1.807, 2.05) is 31.3 Å². The first-order chi connectivity index (χ1) is 22.4. The summed E-state index contributed by atoms with van der Waals surface area (Å²) in [5, 5.41) is 0. The first-order valence-electron chi connectivity index (χ1n) is 15.8. The van der Waals surface area contributed by atoms with Gasteiger partial charge in [0.2, 0.25) is 11.7 Å². The van der Waals surface area contributed by atoms with Crippen molar-refractivity contribution in [3.8, 4) is 17.2 Å². The molecule has 238 valence electrons. The van der Waals surface area contributed by atoms with Crippen molar-refractivity contribution in [3.05, 3.63) is 113 Å². The van der Waals surface area contributed by atoms with Gasteiger partial charge in [0.1, 0.15) is 6.04 Å². The number of benzene rings is 4. The van der Waals surface area contributed by atoms with E-state index in [4.69, 9.17) is 14.2 Å². The summed E-state index contributed by atoms with van der Waals surface area (Å²) in [6.07, 6.45) is 3.42. The Kier molecular flexibility index (Phi) is 9.15. The molecule has 4 aromatic rings. The van der Waals surface area contributed by atoms with Crippen molar-refractivity contribution < 1.29 is 23.8 Å². The van der Waals surface area contributed by atoms with Gasteiger partial charge in [-0.3, -0.25) is 9.59 Å². The normalized spacial score (nSPS) is 15.2. The number of nitrogens with zero attached hydrogens (tertiary/aromatic N) is 3. The number of carbonyl (C=O) groups is 2. The van der Waals surface area contributed by atoms with Crippen LogP contribution in [0.25, 0.3) is 0 Å². The molecule has 0 N–H and O–H groups in total. The zero-order valence-electron chi connectivity index (χ0n) is 27.0. The van der Waals surface area contributed by atoms with Gasteiger partial charge in [-0.25, -0.2) is 0 Å². The number of aryl methyl sites for hydroxylation is 2. The Morgan fingerprint density at radius 1 is 0.761 bits per heavy atom. The minimum atomic E-state index is -0.749. The first-order valence-corrected chi connectivity index (χ1v) is 15.8. The second-order valence-electron chi connectivity index (χ2n) is 11.8. The van der Waals surface area contributed by atoms with Gasteiger partial charge in [-0.2, -0.15) is 0 Å². The molecule has 6 rings (SSSR count). The SMILES string of the molecule is COc1cc(C(=O)N2CCc3ccccc3C2C(=O)N(C)CCCN2c3ccccc3CCc3ccccc32)cc(OC)c1OC. The Morgan fingerprint density at radius 2 is 1.33 bits per heavy atom. The Labute approximate surface area is 271 Å². The quantitative estimate of drug-likeness (QED) is 0.221. The largest absolute Gasteiger partial charge is 0.493 e. The van der Waals surface area contributed by atoms with E-state index in [1.54, 1.807) is 21.9 Å². The molecule has 0 saturated carbocycles. The summed E-state index contributed by atoms with van der Waals surface area (Å²) < 4.78 is 16.5. The highest BCUT2D eigenvalue weighted by molar-refractivity contribution is 5.99. The van der Waals surface area contributed by atoms with Crippen LogP contribution in [0.5, 0.6) is 17.2 Å². The summed E-state index contributed by atoms with van der Waals surface area (Å²) >= 11 is 0. The highest BCUT2D eigenvalue weighted by Crippen LogP contribution is 2.40. The summed E-state index contributed by atoms with van der Waals surface area (Å²) in [7, 11) is 6.41. The van der Waals surface area contributed by atoms with Gasteiger partial charge in [0.15, 0.2) is 11.5 Å². The molecular formula is C38H41N3O5. The van der Waals surface area contributed by atoms with Crippen LogP contribution in [-0.4, -0.2) is 69.6 Å². The number of rotatable bonds is 9. The molecule has 0 spiro atoms. The van der Waals surface area contributed by atoms with E-state index in [2.05, 4.69) is 53.4 Å². The fraction of sp³-hybridized carbons (Fsp3) is 0.316. The summed E-state index contributed by atoms with van der Waals surface area (Å²) in [6, 6.07) is 27.7. The van der Waals surface area contributed by atoms with Crippen molar-refractivity contribution >= 4 is 23.2 Å². The van der Waals surface area contributed by atoms with E-state index >= 15 is 0 Å². The number of likely N-dealkylation sites (N-methyl/N-ethyl adjacent to an activating group) is 1. The lowest BCUT2D eigenvalue weighted by molar-refractivity contribution is -0.135. The topological polar surface area (TPSA) is 71.6 Å². The van der Waals surface area contributed by atoms with Crippen molar-refractivity contribution in [2.24, 2.45) is 0 Å². The lowest BCUT2D eigenvalue weighted by atomic mass is 9.91. The smallest absolute Gasteiger partial charge is 0.255 e. The van der Waals surface area contributed by atoms with Crippen molar-refractivity contribution in [1.29, 1.82) is 0 Å². The molecule has 0 aliphatic carbocycles. The molecule has 8 heteroatoms. The number of hydrogen-bond donors (Lipinski definition) is 0. The van der Waals surface area contributed by atoms with E-state index in [0.717, 1.165) is 36.9 Å². The highest BCUT2D eigenvalue weighted by atomic mass is 16.5. The molecule has 2 amide bonds. The molecule has 0 aromatic heterocycles. The highest BCUT2D eigenvalue weighted by Gasteiger charge is 2.38. The summed E-state index contributed by atoms with van der Waals surface area (Å²) in [5.74, 6) is 0.814. The maximum Gasteiger partial charge on any atom is 0.255 e. The summed E-state index contributed by atoms with van der Waals surface area (Å²) in [5.41, 5.74) is 7.44. The third-order valence-electron chi connectivity index (χ3n) is 9.17. The molecule has 2 aliphatic heterocycles. The van der Waals surface area contributed by atoms with Crippen LogP contribution in [0.2, 0.25) is 0 Å². The Hall–Kier alpha value is -4.98. The van der Waals surface area contributed by atoms with Crippen LogP contribution in [0.1, 0.15) is 45.1 Å². The van der Waals surface area contributed by atoms with Crippen LogP contribution >= 0.6 is 0 Å². The fourth-order valence-electron chi connectivity index (χ4n) is 6.82. The first kappa shape index (κ1) is 31.0. The lowest BCUT2D eigenvalue weighted by Gasteiger charge is -2.38. The monoisotopic (exact) mass is 619 g/mol. The van der Waals surface area contributed by atoms with Crippen LogP contribution < -0.4 is 19.1 Å². The fourth-order valence-corrected chi connectivity index (χ4v) is 6.82. The van der Waals surface area contributed by atoms with Gasteiger partial charge in [-0.05, 0) is 72.2 Å². The Balaban J connectivity index is 1.25. The lowest BCUT2D eigenvalue weighted by Crippen LogP contribution is -2.48. The van der Waals surface area contributed by atoms with E-state index < -0.39 is 6.04 Å². The van der Waals surface area contributed by atoms with Gasteiger partial charge in [0, 0.05) is 43.6 Å². The predicted molar refractivity (Wildman–Crippen MR) is 180 cm³/mol. The molecular weight excluding hydrogens is 578 g/mol. The number of anilines is 2. The minimum absolute atomic E-state index is 0.107. The molecule has 1 unspecified atom stereocenters. The average Bonchev–Trinajstić information content (AvgIpc) is 3.26. The van der Waals surface area contributed by atoms with Gasteiger partial charge < -0.3 is 28.9 Å². The average molecular weight is 620 g/mol. The predicted octanol–water partition coefficient (Wildman–Crippen LogP) is 6.24. The number of para-hydroxylation sites is 2. The van der Waals surface area contributed by atoms with Gasteiger partial charge in [-0.1, -0.05) is 60.7 Å². The van der Waals surface area contributed by atoms with Gasteiger partial charge in [0.25, 0.3) is 5.91 Å². The van der Waals surface area contributed by atoms with Crippen molar-refractivity contribution in [1.82, 2.24) is 9.80 Å². The standard InChI is InChI=1S/C38H41N3O5/c1-39(21-11-22-40-31-16-9-6-13-27(31)18-19-28-14-7-10-17-32(28)40)38(43)35-30-15-8-5-12-26(30)20-23-41(35)37(42)29-24-33(44-2)36(46-4)34(25-29)45-3/h5-10,12-17,24-25,35H,11,18-23H2,1-4H3.